The van der Waals surface area contributed by atoms with Crippen LogP contribution in [0.15, 0.2) is 0 Å². The molecule has 0 aliphatic heterocycles. The van der Waals surface area contributed by atoms with Gasteiger partial charge in [-0.2, -0.15) is 0 Å². The Bertz CT molecular complexity index is 316. The van der Waals surface area contributed by atoms with Crippen LogP contribution in [0.25, 0.3) is 0 Å². The smallest absolute Gasteiger partial charge is 0.407 e. The van der Waals surface area contributed by atoms with E-state index in [9.17, 15) is 9.90 Å². The second-order valence-electron chi connectivity index (χ2n) is 6.82. The van der Waals surface area contributed by atoms with Crippen LogP contribution in [0.4, 0.5) is 4.79 Å². The second-order valence-corrected chi connectivity index (χ2v) is 6.82. The van der Waals surface area contributed by atoms with Gasteiger partial charge in [-0.1, -0.05) is 13.8 Å². The quantitative estimate of drug-likeness (QED) is 0.700. The average molecular weight is 286 g/mol. The van der Waals surface area contributed by atoms with Crippen molar-refractivity contribution in [2.45, 2.75) is 83.6 Å². The summed E-state index contributed by atoms with van der Waals surface area (Å²) in [5, 5.41) is 16.4. The molecule has 1 rings (SSSR count). The van der Waals surface area contributed by atoms with Gasteiger partial charge in [-0.05, 0) is 46.5 Å². The normalized spacial score (nSPS) is 23.1. The van der Waals surface area contributed by atoms with Gasteiger partial charge in [-0.3, -0.25) is 0 Å². The van der Waals surface area contributed by atoms with Gasteiger partial charge in [0.05, 0.1) is 5.60 Å². The summed E-state index contributed by atoms with van der Waals surface area (Å²) in [4.78, 5) is 11.6. The first-order valence-electron chi connectivity index (χ1n) is 7.62. The number of alkyl carbamates (subject to hydrolysis) is 1. The third-order valence-electron chi connectivity index (χ3n) is 3.89. The summed E-state index contributed by atoms with van der Waals surface area (Å²) in [6, 6.07) is 0.554. The van der Waals surface area contributed by atoms with Gasteiger partial charge in [0.2, 0.25) is 0 Å². The first-order valence-corrected chi connectivity index (χ1v) is 7.62. The zero-order valence-corrected chi connectivity index (χ0v) is 13.5. The summed E-state index contributed by atoms with van der Waals surface area (Å²) in [6.45, 7) is 10.2. The van der Waals surface area contributed by atoms with Crippen LogP contribution in [0.3, 0.4) is 0 Å². The zero-order valence-electron chi connectivity index (χ0n) is 13.5. The molecule has 0 heterocycles. The van der Waals surface area contributed by atoms with Crippen molar-refractivity contribution in [3.8, 4) is 0 Å². The molecule has 0 aromatic carbocycles. The molecule has 1 fully saturated rings. The van der Waals surface area contributed by atoms with Crippen LogP contribution >= 0.6 is 0 Å². The fourth-order valence-corrected chi connectivity index (χ4v) is 2.21. The summed E-state index contributed by atoms with van der Waals surface area (Å²) < 4.78 is 5.22. The number of rotatable bonds is 6. The molecule has 1 saturated carbocycles. The Labute approximate surface area is 122 Å². The number of carbonyl (C=O) groups excluding carboxylic acids is 1. The Hall–Kier alpha value is -0.810. The number of amides is 1. The molecule has 1 aliphatic carbocycles. The van der Waals surface area contributed by atoms with Crippen LogP contribution in [-0.4, -0.2) is 41.0 Å². The standard InChI is InChI=1S/C15H30N2O3/c1-6-15(19,7-2)10-16-11-8-12(9-11)17-13(18)20-14(3,4)5/h11-12,16,19H,6-10H2,1-5H3,(H,17,18). The van der Waals surface area contributed by atoms with Crippen LogP contribution in [0.1, 0.15) is 60.3 Å². The van der Waals surface area contributed by atoms with E-state index >= 15 is 0 Å². The molecular weight excluding hydrogens is 256 g/mol. The summed E-state index contributed by atoms with van der Waals surface area (Å²) in [7, 11) is 0. The predicted octanol–water partition coefficient (Wildman–Crippen LogP) is 2.18. The summed E-state index contributed by atoms with van der Waals surface area (Å²) in [5.41, 5.74) is -1.06. The van der Waals surface area contributed by atoms with Crippen molar-refractivity contribution >= 4 is 6.09 Å². The summed E-state index contributed by atoms with van der Waals surface area (Å²) in [5.74, 6) is 0. The van der Waals surface area contributed by atoms with Crippen LogP contribution in [0.5, 0.6) is 0 Å². The molecule has 5 nitrogen and oxygen atoms in total. The third kappa shape index (κ3) is 5.67. The largest absolute Gasteiger partial charge is 0.444 e. The van der Waals surface area contributed by atoms with E-state index in [2.05, 4.69) is 10.6 Å². The molecule has 0 aromatic rings. The first-order chi connectivity index (χ1) is 9.17. The fraction of sp³-hybridized carbons (Fsp3) is 0.933. The number of hydrogen-bond acceptors (Lipinski definition) is 4. The van der Waals surface area contributed by atoms with Crippen LogP contribution in [0, 0.1) is 0 Å². The van der Waals surface area contributed by atoms with Gasteiger partial charge in [-0.15, -0.1) is 0 Å². The van der Waals surface area contributed by atoms with Gasteiger partial charge in [0.1, 0.15) is 5.60 Å². The van der Waals surface area contributed by atoms with E-state index in [0.717, 1.165) is 25.7 Å². The van der Waals surface area contributed by atoms with E-state index < -0.39 is 11.2 Å². The Balaban J connectivity index is 2.19. The average Bonchev–Trinajstić information content (AvgIpc) is 2.29. The van der Waals surface area contributed by atoms with Crippen molar-refractivity contribution in [3.63, 3.8) is 0 Å². The molecule has 0 aromatic heterocycles. The Morgan fingerprint density at radius 1 is 1.20 bits per heavy atom. The van der Waals surface area contributed by atoms with Gasteiger partial charge in [0, 0.05) is 18.6 Å². The topological polar surface area (TPSA) is 70.6 Å². The lowest BCUT2D eigenvalue weighted by molar-refractivity contribution is 0.0233. The van der Waals surface area contributed by atoms with E-state index in [1.807, 2.05) is 34.6 Å². The highest BCUT2D eigenvalue weighted by Gasteiger charge is 2.33. The fourth-order valence-electron chi connectivity index (χ4n) is 2.21. The highest BCUT2D eigenvalue weighted by atomic mass is 16.6. The number of aliphatic hydroxyl groups is 1. The minimum absolute atomic E-state index is 0.179. The molecule has 0 radical (unpaired) electrons. The maximum Gasteiger partial charge on any atom is 0.407 e. The Morgan fingerprint density at radius 2 is 1.75 bits per heavy atom. The predicted molar refractivity (Wildman–Crippen MR) is 79.7 cm³/mol. The SMILES string of the molecule is CCC(O)(CC)CNC1CC(NC(=O)OC(C)(C)C)C1. The van der Waals surface area contributed by atoms with Gasteiger partial charge in [-0.25, -0.2) is 4.79 Å². The zero-order chi connectivity index (χ0) is 15.4. The lowest BCUT2D eigenvalue weighted by Crippen LogP contribution is -2.55. The monoisotopic (exact) mass is 286 g/mol. The summed E-state index contributed by atoms with van der Waals surface area (Å²) in [6.07, 6.45) is 2.94. The van der Waals surface area contributed by atoms with E-state index in [4.69, 9.17) is 4.74 Å². The van der Waals surface area contributed by atoms with Crippen LogP contribution in [0.2, 0.25) is 0 Å². The molecule has 0 bridgehead atoms. The highest BCUT2D eigenvalue weighted by molar-refractivity contribution is 5.68. The van der Waals surface area contributed by atoms with Crippen molar-refractivity contribution in [2.24, 2.45) is 0 Å². The highest BCUT2D eigenvalue weighted by Crippen LogP contribution is 2.22. The van der Waals surface area contributed by atoms with Gasteiger partial charge < -0.3 is 20.5 Å². The van der Waals surface area contributed by atoms with Crippen molar-refractivity contribution in [2.75, 3.05) is 6.54 Å². The number of nitrogens with one attached hydrogen (secondary N) is 2. The molecular formula is C15H30N2O3. The lowest BCUT2D eigenvalue weighted by Gasteiger charge is -2.38. The Kier molecular flexibility index (Phi) is 5.83. The molecule has 1 aliphatic rings. The molecule has 1 amide bonds. The lowest BCUT2D eigenvalue weighted by atomic mass is 9.86. The maximum absolute atomic E-state index is 11.6. The van der Waals surface area contributed by atoms with Crippen molar-refractivity contribution < 1.29 is 14.6 Å². The van der Waals surface area contributed by atoms with Crippen LogP contribution < -0.4 is 10.6 Å². The molecule has 0 atom stereocenters. The van der Waals surface area contributed by atoms with Gasteiger partial charge >= 0.3 is 6.09 Å². The summed E-state index contributed by atoms with van der Waals surface area (Å²) >= 11 is 0. The molecule has 3 N–H and O–H groups in total. The van der Waals surface area contributed by atoms with Crippen LogP contribution in [-0.2, 0) is 4.74 Å². The second kappa shape index (κ2) is 6.76. The molecule has 0 saturated heterocycles. The van der Waals surface area contributed by atoms with Crippen molar-refractivity contribution in [1.29, 1.82) is 0 Å². The van der Waals surface area contributed by atoms with Crippen molar-refractivity contribution in [1.82, 2.24) is 10.6 Å². The molecule has 20 heavy (non-hydrogen) atoms. The minimum atomic E-state index is -0.607. The molecule has 118 valence electrons. The van der Waals surface area contributed by atoms with E-state index in [1.54, 1.807) is 0 Å². The minimum Gasteiger partial charge on any atom is -0.444 e. The molecule has 5 heteroatoms. The first kappa shape index (κ1) is 17.2. The number of ether oxygens (including phenoxy) is 1. The van der Waals surface area contributed by atoms with E-state index in [1.165, 1.54) is 0 Å². The van der Waals surface area contributed by atoms with Gasteiger partial charge in [0.25, 0.3) is 0 Å². The van der Waals surface area contributed by atoms with E-state index in [0.29, 0.717) is 12.6 Å². The Morgan fingerprint density at radius 3 is 2.20 bits per heavy atom. The molecule has 0 unspecified atom stereocenters. The van der Waals surface area contributed by atoms with Gasteiger partial charge in [0.15, 0.2) is 0 Å². The third-order valence-corrected chi connectivity index (χ3v) is 3.89. The molecule has 0 spiro atoms. The number of carbonyl (C=O) groups is 1. The van der Waals surface area contributed by atoms with E-state index in [-0.39, 0.29) is 12.1 Å². The van der Waals surface area contributed by atoms with Crippen molar-refractivity contribution in [3.05, 3.63) is 0 Å². The number of hydrogen-bond donors (Lipinski definition) is 3. The maximum atomic E-state index is 11.6.